The second-order valence-corrected chi connectivity index (χ2v) is 2.13. The average Bonchev–Trinajstić information content (AvgIpc) is 2.21. The van der Waals surface area contributed by atoms with Gasteiger partial charge >= 0.3 is 0 Å². The lowest BCUT2D eigenvalue weighted by atomic mass is 10.4. The lowest BCUT2D eigenvalue weighted by Crippen LogP contribution is -1.97. The predicted molar refractivity (Wildman–Crippen MR) is 39.9 cm³/mol. The summed E-state index contributed by atoms with van der Waals surface area (Å²) < 4.78 is 5.27. The summed E-state index contributed by atoms with van der Waals surface area (Å²) in [5.41, 5.74) is 0. The minimum absolute atomic E-state index is 0.507. The highest BCUT2D eigenvalue weighted by molar-refractivity contribution is 5.17. The van der Waals surface area contributed by atoms with Gasteiger partial charge in [0.2, 0.25) is 0 Å². The summed E-state index contributed by atoms with van der Waals surface area (Å²) in [4.78, 5) is 18.0. The van der Waals surface area contributed by atoms with Crippen molar-refractivity contribution in [1.29, 1.82) is 0 Å². The molecule has 0 radical (unpaired) electrons. The zero-order chi connectivity index (χ0) is 8.93. The molecular formula is C8H6O5. The van der Waals surface area contributed by atoms with Crippen molar-refractivity contribution in [2.45, 2.75) is 0 Å². The van der Waals surface area contributed by atoms with Crippen molar-refractivity contribution in [2.24, 2.45) is 0 Å². The molecule has 0 amide bonds. The van der Waals surface area contributed by atoms with Crippen molar-refractivity contribution in [1.82, 2.24) is 0 Å². The summed E-state index contributed by atoms with van der Waals surface area (Å²) in [6, 6.07) is 0. The van der Waals surface area contributed by atoms with E-state index in [1.807, 2.05) is 0 Å². The molecule has 5 heteroatoms. The molecule has 5 nitrogen and oxygen atoms in total. The zero-order valence-corrected chi connectivity index (χ0v) is 6.51. The van der Waals surface area contributed by atoms with Crippen LogP contribution in [0.2, 0.25) is 0 Å². The molecule has 0 aromatic rings. The monoisotopic (exact) mass is 182 g/mol. The Bertz CT molecular complexity index is 270. The maximum absolute atomic E-state index is 5.27. The number of hydrogen-bond donors (Lipinski definition) is 0. The topological polar surface area (TPSA) is 46.2 Å². The number of rotatable bonds is 2. The van der Waals surface area contributed by atoms with Crippen LogP contribution in [0.25, 0.3) is 0 Å². The first-order valence-electron chi connectivity index (χ1n) is 3.51. The smallest absolute Gasteiger partial charge is 0.185 e. The van der Waals surface area contributed by atoms with E-state index in [1.54, 1.807) is 12.2 Å². The van der Waals surface area contributed by atoms with Crippen molar-refractivity contribution in [3.8, 4) is 0 Å². The van der Waals surface area contributed by atoms with Gasteiger partial charge in [-0.25, -0.2) is 0 Å². The summed E-state index contributed by atoms with van der Waals surface area (Å²) in [7, 11) is 0. The molecule has 0 fully saturated rings. The van der Waals surface area contributed by atoms with E-state index >= 15 is 0 Å². The fourth-order valence-electron chi connectivity index (χ4n) is 0.735. The summed E-state index contributed by atoms with van der Waals surface area (Å²) in [6.45, 7) is 0. The molecule has 13 heavy (non-hydrogen) atoms. The summed E-state index contributed by atoms with van der Waals surface area (Å²) in [6.07, 6.45) is 8.58. The molecule has 0 aromatic carbocycles. The largest absolute Gasteiger partial charge is 0.450 e. The van der Waals surface area contributed by atoms with Gasteiger partial charge in [0.05, 0.1) is 0 Å². The van der Waals surface area contributed by atoms with Gasteiger partial charge in [0.15, 0.2) is 24.0 Å². The van der Waals surface area contributed by atoms with Gasteiger partial charge in [-0.15, -0.1) is 0 Å². The van der Waals surface area contributed by atoms with Crippen LogP contribution in [0.4, 0.5) is 0 Å². The minimum atomic E-state index is 0.507. The van der Waals surface area contributed by atoms with Crippen molar-refractivity contribution < 1.29 is 24.3 Å². The summed E-state index contributed by atoms with van der Waals surface area (Å²) in [5.74, 6) is 1.01. The second-order valence-electron chi connectivity index (χ2n) is 2.13. The van der Waals surface area contributed by atoms with E-state index in [2.05, 4.69) is 19.6 Å². The summed E-state index contributed by atoms with van der Waals surface area (Å²) in [5, 5.41) is 0. The Hall–Kier alpha value is -2.04. The molecular weight excluding hydrogens is 176 g/mol. The Morgan fingerprint density at radius 2 is 1.31 bits per heavy atom. The number of ether oxygens (including phenoxy) is 1. The van der Waals surface area contributed by atoms with Gasteiger partial charge in [-0.05, 0) is 0 Å². The Morgan fingerprint density at radius 3 is 1.69 bits per heavy atom. The molecule has 2 rings (SSSR count). The van der Waals surface area contributed by atoms with E-state index < -0.39 is 0 Å². The fraction of sp³-hybridized carbons (Fsp3) is 0. The second kappa shape index (κ2) is 3.57. The molecule has 0 aliphatic carbocycles. The summed E-state index contributed by atoms with van der Waals surface area (Å²) >= 11 is 0. The van der Waals surface area contributed by atoms with E-state index in [1.165, 1.54) is 25.0 Å². The first kappa shape index (κ1) is 7.60. The maximum Gasteiger partial charge on any atom is 0.185 e. The highest BCUT2D eigenvalue weighted by atomic mass is 17.2. The molecule has 0 saturated heterocycles. The van der Waals surface area contributed by atoms with Crippen LogP contribution in [0, 0.1) is 0 Å². The van der Waals surface area contributed by atoms with Crippen molar-refractivity contribution in [3.05, 3.63) is 48.7 Å². The van der Waals surface area contributed by atoms with E-state index in [4.69, 9.17) is 4.74 Å². The van der Waals surface area contributed by atoms with Crippen molar-refractivity contribution in [2.75, 3.05) is 0 Å². The SMILES string of the molecule is C1=CC(OC2=COOC=C2)=COO1. The van der Waals surface area contributed by atoms with Crippen molar-refractivity contribution >= 4 is 0 Å². The third kappa shape index (κ3) is 1.96. The van der Waals surface area contributed by atoms with Gasteiger partial charge in [0.1, 0.15) is 12.5 Å². The average molecular weight is 182 g/mol. The Morgan fingerprint density at radius 1 is 0.769 bits per heavy atom. The molecule has 68 valence electrons. The van der Waals surface area contributed by atoms with Crippen LogP contribution in [0.15, 0.2) is 48.7 Å². The van der Waals surface area contributed by atoms with Gasteiger partial charge < -0.3 is 4.74 Å². The fourth-order valence-corrected chi connectivity index (χ4v) is 0.735. The zero-order valence-electron chi connectivity index (χ0n) is 6.51. The number of hydrogen-bond acceptors (Lipinski definition) is 5. The van der Waals surface area contributed by atoms with E-state index in [0.29, 0.717) is 11.5 Å². The first-order chi connectivity index (χ1) is 6.45. The van der Waals surface area contributed by atoms with Gasteiger partial charge in [-0.3, -0.25) is 19.6 Å². The third-order valence-electron chi connectivity index (χ3n) is 1.25. The van der Waals surface area contributed by atoms with Crippen LogP contribution in [0.3, 0.4) is 0 Å². The molecule has 2 aliphatic rings. The molecule has 0 spiro atoms. The molecule has 2 heterocycles. The van der Waals surface area contributed by atoms with Crippen LogP contribution in [0.5, 0.6) is 0 Å². The molecule has 0 bridgehead atoms. The number of allylic oxidation sites excluding steroid dienone is 2. The highest BCUT2D eigenvalue weighted by Crippen LogP contribution is 2.14. The first-order valence-corrected chi connectivity index (χ1v) is 3.51. The Kier molecular flexibility index (Phi) is 2.09. The molecule has 0 N–H and O–H groups in total. The third-order valence-corrected chi connectivity index (χ3v) is 1.25. The lowest BCUT2D eigenvalue weighted by molar-refractivity contribution is -0.205. The van der Waals surface area contributed by atoms with Gasteiger partial charge in [-0.1, -0.05) is 0 Å². The van der Waals surface area contributed by atoms with Crippen molar-refractivity contribution in [3.63, 3.8) is 0 Å². The standard InChI is InChI=1S/C8H6O5/c1-3-9-11-5-7(1)13-8-2-4-10-12-6-8/h1-6H. The van der Waals surface area contributed by atoms with Crippen LogP contribution >= 0.6 is 0 Å². The molecule has 0 saturated carbocycles. The molecule has 2 aliphatic heterocycles. The predicted octanol–water partition coefficient (Wildman–Crippen LogP) is 1.64. The Labute approximate surface area is 74.0 Å². The quantitative estimate of drug-likeness (QED) is 0.607. The molecule has 0 aromatic heterocycles. The van der Waals surface area contributed by atoms with E-state index in [0.717, 1.165) is 0 Å². The van der Waals surface area contributed by atoms with Gasteiger partial charge in [-0.2, -0.15) is 0 Å². The van der Waals surface area contributed by atoms with E-state index in [9.17, 15) is 0 Å². The van der Waals surface area contributed by atoms with E-state index in [-0.39, 0.29) is 0 Å². The maximum atomic E-state index is 5.27. The molecule has 0 unspecified atom stereocenters. The highest BCUT2D eigenvalue weighted by Gasteiger charge is 2.05. The minimum Gasteiger partial charge on any atom is -0.450 e. The van der Waals surface area contributed by atoms with Crippen LogP contribution in [-0.2, 0) is 24.3 Å². The van der Waals surface area contributed by atoms with Crippen LogP contribution in [0.1, 0.15) is 0 Å². The Balaban J connectivity index is 1.97. The molecule has 0 atom stereocenters. The van der Waals surface area contributed by atoms with Crippen LogP contribution < -0.4 is 0 Å². The van der Waals surface area contributed by atoms with Gasteiger partial charge in [0.25, 0.3) is 0 Å². The lowest BCUT2D eigenvalue weighted by Gasteiger charge is -2.11. The van der Waals surface area contributed by atoms with Gasteiger partial charge in [0, 0.05) is 12.2 Å². The normalized spacial score (nSPS) is 18.5. The van der Waals surface area contributed by atoms with Crippen LogP contribution in [-0.4, -0.2) is 0 Å².